The van der Waals surface area contributed by atoms with Crippen molar-refractivity contribution >= 4 is 0 Å². The van der Waals surface area contributed by atoms with Crippen LogP contribution in [0.1, 0.15) is 11.1 Å². The summed E-state index contributed by atoms with van der Waals surface area (Å²) in [4.78, 5) is 0. The fourth-order valence-corrected chi connectivity index (χ4v) is 1.73. The van der Waals surface area contributed by atoms with Crippen LogP contribution in [0.15, 0.2) is 42.5 Å². The number of ether oxygens (including phenoxy) is 1. The van der Waals surface area contributed by atoms with Gasteiger partial charge in [-0.05, 0) is 30.8 Å². The first kappa shape index (κ1) is 13.5. The highest BCUT2D eigenvalue weighted by atomic mass is 19.2. The van der Waals surface area contributed by atoms with Gasteiger partial charge in [-0.1, -0.05) is 24.3 Å². The van der Waals surface area contributed by atoms with Gasteiger partial charge in [0.15, 0.2) is 11.6 Å². The van der Waals surface area contributed by atoms with E-state index in [1.807, 2.05) is 31.3 Å². The lowest BCUT2D eigenvalue weighted by molar-refractivity contribution is 0.297. The molecule has 0 atom stereocenters. The van der Waals surface area contributed by atoms with Crippen molar-refractivity contribution in [2.75, 3.05) is 7.05 Å². The lowest BCUT2D eigenvalue weighted by Gasteiger charge is -2.08. The molecule has 0 aliphatic rings. The maximum absolute atomic E-state index is 13.4. The Morgan fingerprint density at radius 2 is 1.79 bits per heavy atom. The van der Waals surface area contributed by atoms with Gasteiger partial charge in [0.25, 0.3) is 0 Å². The molecule has 100 valence electrons. The van der Waals surface area contributed by atoms with Crippen molar-refractivity contribution < 1.29 is 13.5 Å². The van der Waals surface area contributed by atoms with Gasteiger partial charge in [0.1, 0.15) is 12.4 Å². The number of nitrogens with one attached hydrogen (secondary N) is 1. The summed E-state index contributed by atoms with van der Waals surface area (Å²) in [7, 11) is 1.87. The summed E-state index contributed by atoms with van der Waals surface area (Å²) in [5, 5.41) is 3.04. The van der Waals surface area contributed by atoms with Crippen molar-refractivity contribution in [3.05, 3.63) is 65.2 Å². The molecule has 0 saturated heterocycles. The SMILES string of the molecule is CNCc1ccc(OCc2cccc(F)c2F)cc1. The van der Waals surface area contributed by atoms with E-state index < -0.39 is 11.6 Å². The lowest BCUT2D eigenvalue weighted by Crippen LogP contribution is -2.05. The number of benzene rings is 2. The molecule has 2 aromatic carbocycles. The van der Waals surface area contributed by atoms with Crippen molar-refractivity contribution in [3.63, 3.8) is 0 Å². The molecule has 0 saturated carbocycles. The van der Waals surface area contributed by atoms with Gasteiger partial charge in [-0.15, -0.1) is 0 Å². The molecule has 0 aliphatic heterocycles. The van der Waals surface area contributed by atoms with Crippen LogP contribution in [-0.4, -0.2) is 7.05 Å². The third kappa shape index (κ3) is 3.51. The summed E-state index contributed by atoms with van der Waals surface area (Å²) in [5.74, 6) is -1.08. The Kier molecular flexibility index (Phi) is 4.47. The molecule has 0 fully saturated rings. The van der Waals surface area contributed by atoms with E-state index in [0.29, 0.717) is 5.75 Å². The summed E-state index contributed by atoms with van der Waals surface area (Å²) in [5.41, 5.74) is 1.34. The highest BCUT2D eigenvalue weighted by molar-refractivity contribution is 5.28. The van der Waals surface area contributed by atoms with Gasteiger partial charge in [-0.25, -0.2) is 8.78 Å². The Labute approximate surface area is 111 Å². The Balaban J connectivity index is 2.00. The zero-order valence-electron chi connectivity index (χ0n) is 10.6. The van der Waals surface area contributed by atoms with Crippen molar-refractivity contribution in [3.8, 4) is 5.75 Å². The van der Waals surface area contributed by atoms with E-state index in [0.717, 1.165) is 18.2 Å². The fourth-order valence-electron chi connectivity index (χ4n) is 1.73. The minimum absolute atomic E-state index is 0.00890. The maximum Gasteiger partial charge on any atom is 0.165 e. The fraction of sp³-hybridized carbons (Fsp3) is 0.200. The van der Waals surface area contributed by atoms with Crippen LogP contribution < -0.4 is 10.1 Å². The first-order chi connectivity index (χ1) is 9.20. The lowest BCUT2D eigenvalue weighted by atomic mass is 10.2. The molecule has 0 heterocycles. The standard InChI is InChI=1S/C15H15F2NO/c1-18-9-11-5-7-13(8-6-11)19-10-12-3-2-4-14(16)15(12)17/h2-8,18H,9-10H2,1H3. The Bertz CT molecular complexity index is 540. The molecule has 19 heavy (non-hydrogen) atoms. The van der Waals surface area contributed by atoms with E-state index in [4.69, 9.17) is 4.74 Å². The van der Waals surface area contributed by atoms with Gasteiger partial charge in [-0.2, -0.15) is 0 Å². The van der Waals surface area contributed by atoms with Crippen molar-refractivity contribution in [2.45, 2.75) is 13.2 Å². The van der Waals surface area contributed by atoms with Crippen LogP contribution in [0.2, 0.25) is 0 Å². The third-order valence-electron chi connectivity index (χ3n) is 2.73. The smallest absolute Gasteiger partial charge is 0.165 e. The van der Waals surface area contributed by atoms with Crippen LogP contribution in [0.4, 0.5) is 8.78 Å². The zero-order valence-corrected chi connectivity index (χ0v) is 10.6. The zero-order chi connectivity index (χ0) is 13.7. The summed E-state index contributed by atoms with van der Waals surface area (Å²) < 4.78 is 31.8. The Morgan fingerprint density at radius 3 is 2.47 bits per heavy atom. The molecule has 0 spiro atoms. The first-order valence-corrected chi connectivity index (χ1v) is 6.00. The van der Waals surface area contributed by atoms with Crippen molar-refractivity contribution in [1.29, 1.82) is 0 Å². The quantitative estimate of drug-likeness (QED) is 0.894. The van der Waals surface area contributed by atoms with Crippen molar-refractivity contribution in [1.82, 2.24) is 5.32 Å². The number of halogens is 2. The minimum atomic E-state index is -0.856. The van der Waals surface area contributed by atoms with Crippen LogP contribution in [0, 0.1) is 11.6 Å². The predicted octanol–water partition coefficient (Wildman–Crippen LogP) is 3.26. The molecular weight excluding hydrogens is 248 g/mol. The maximum atomic E-state index is 13.4. The van der Waals surface area contributed by atoms with Crippen molar-refractivity contribution in [2.24, 2.45) is 0 Å². The van der Waals surface area contributed by atoms with Gasteiger partial charge >= 0.3 is 0 Å². The number of rotatable bonds is 5. The first-order valence-electron chi connectivity index (χ1n) is 6.00. The van der Waals surface area contributed by atoms with Gasteiger partial charge in [0.05, 0.1) is 0 Å². The molecule has 2 nitrogen and oxygen atoms in total. The van der Waals surface area contributed by atoms with E-state index in [1.165, 1.54) is 12.1 Å². The van der Waals surface area contributed by atoms with Crippen LogP contribution in [0.3, 0.4) is 0 Å². The Hall–Kier alpha value is -1.94. The molecule has 4 heteroatoms. The summed E-state index contributed by atoms with van der Waals surface area (Å²) in [6, 6.07) is 11.5. The normalized spacial score (nSPS) is 10.5. The highest BCUT2D eigenvalue weighted by Gasteiger charge is 2.07. The van der Waals surface area contributed by atoms with E-state index in [-0.39, 0.29) is 12.2 Å². The molecule has 0 amide bonds. The monoisotopic (exact) mass is 263 g/mol. The average Bonchev–Trinajstić information content (AvgIpc) is 2.42. The highest BCUT2D eigenvalue weighted by Crippen LogP contribution is 2.16. The van der Waals surface area contributed by atoms with E-state index in [9.17, 15) is 8.78 Å². The summed E-state index contributed by atoms with van der Waals surface area (Å²) >= 11 is 0. The van der Waals surface area contributed by atoms with E-state index >= 15 is 0 Å². The summed E-state index contributed by atoms with van der Waals surface area (Å²) in [6.07, 6.45) is 0. The van der Waals surface area contributed by atoms with Crippen LogP contribution in [0.25, 0.3) is 0 Å². The van der Waals surface area contributed by atoms with Gasteiger partial charge in [0.2, 0.25) is 0 Å². The Morgan fingerprint density at radius 1 is 1.05 bits per heavy atom. The molecule has 0 unspecified atom stereocenters. The van der Waals surface area contributed by atoms with Gasteiger partial charge in [0, 0.05) is 12.1 Å². The molecule has 0 radical (unpaired) electrons. The largest absolute Gasteiger partial charge is 0.489 e. The molecule has 0 bridgehead atoms. The molecule has 2 rings (SSSR count). The number of hydrogen-bond acceptors (Lipinski definition) is 2. The second kappa shape index (κ2) is 6.29. The van der Waals surface area contributed by atoms with E-state index in [2.05, 4.69) is 5.32 Å². The molecule has 2 aromatic rings. The third-order valence-corrected chi connectivity index (χ3v) is 2.73. The topological polar surface area (TPSA) is 21.3 Å². The van der Waals surface area contributed by atoms with Crippen LogP contribution in [-0.2, 0) is 13.2 Å². The average molecular weight is 263 g/mol. The predicted molar refractivity (Wildman–Crippen MR) is 69.9 cm³/mol. The minimum Gasteiger partial charge on any atom is -0.489 e. The molecular formula is C15H15F2NO. The molecule has 0 aromatic heterocycles. The van der Waals surface area contributed by atoms with Crippen LogP contribution >= 0.6 is 0 Å². The van der Waals surface area contributed by atoms with Crippen LogP contribution in [0.5, 0.6) is 5.75 Å². The van der Waals surface area contributed by atoms with E-state index in [1.54, 1.807) is 0 Å². The summed E-state index contributed by atoms with van der Waals surface area (Å²) in [6.45, 7) is 0.785. The van der Waals surface area contributed by atoms with Gasteiger partial charge in [-0.3, -0.25) is 0 Å². The second-order valence-electron chi connectivity index (χ2n) is 4.18. The van der Waals surface area contributed by atoms with Gasteiger partial charge < -0.3 is 10.1 Å². The molecule has 1 N–H and O–H groups in total. The number of hydrogen-bond donors (Lipinski definition) is 1. The molecule has 0 aliphatic carbocycles. The second-order valence-corrected chi connectivity index (χ2v) is 4.18.